The Morgan fingerprint density at radius 2 is 2.19 bits per heavy atom. The molecule has 0 aliphatic heterocycles. The summed E-state index contributed by atoms with van der Waals surface area (Å²) >= 11 is 4.84. The predicted molar refractivity (Wildman–Crippen MR) is 68.3 cm³/mol. The SMILES string of the molecule is CCN(CC(C)C(N)=S)S(=O)(=O)NC1CC1. The molecule has 0 saturated heterocycles. The summed E-state index contributed by atoms with van der Waals surface area (Å²) in [5, 5.41) is 0. The maximum Gasteiger partial charge on any atom is 0.279 e. The number of thiocarbonyl (C=S) groups is 1. The maximum atomic E-state index is 11.9. The molecular weight excluding hydrogens is 246 g/mol. The molecule has 94 valence electrons. The summed E-state index contributed by atoms with van der Waals surface area (Å²) in [5.74, 6) is -0.106. The van der Waals surface area contributed by atoms with Crippen molar-refractivity contribution in [3.8, 4) is 0 Å². The third-order valence-corrected chi connectivity index (χ3v) is 4.67. The van der Waals surface area contributed by atoms with Crippen LogP contribution in [0.15, 0.2) is 0 Å². The molecule has 0 aromatic heterocycles. The first kappa shape index (κ1) is 13.8. The van der Waals surface area contributed by atoms with Crippen molar-refractivity contribution in [1.82, 2.24) is 9.03 Å². The van der Waals surface area contributed by atoms with E-state index in [2.05, 4.69) is 4.72 Å². The lowest BCUT2D eigenvalue weighted by molar-refractivity contribution is 0.397. The Morgan fingerprint density at radius 3 is 2.56 bits per heavy atom. The average molecular weight is 265 g/mol. The van der Waals surface area contributed by atoms with Crippen LogP contribution in [0.4, 0.5) is 0 Å². The van der Waals surface area contributed by atoms with Gasteiger partial charge >= 0.3 is 0 Å². The fourth-order valence-corrected chi connectivity index (χ4v) is 2.92. The van der Waals surface area contributed by atoms with Crippen molar-refractivity contribution in [2.24, 2.45) is 11.7 Å². The Balaban J connectivity index is 2.61. The van der Waals surface area contributed by atoms with Crippen LogP contribution in [0.1, 0.15) is 26.7 Å². The largest absolute Gasteiger partial charge is 0.393 e. The molecule has 1 fully saturated rings. The number of rotatable bonds is 7. The summed E-state index contributed by atoms with van der Waals surface area (Å²) in [6.07, 6.45) is 1.86. The highest BCUT2D eigenvalue weighted by atomic mass is 32.2. The Hall–Kier alpha value is -0.240. The predicted octanol–water partition coefficient (Wildman–Crippen LogP) is 0.227. The molecule has 16 heavy (non-hydrogen) atoms. The first-order valence-electron chi connectivity index (χ1n) is 5.43. The zero-order valence-electron chi connectivity index (χ0n) is 9.64. The summed E-state index contributed by atoms with van der Waals surface area (Å²) in [7, 11) is -3.37. The minimum absolute atomic E-state index is 0.106. The molecule has 1 saturated carbocycles. The van der Waals surface area contributed by atoms with Crippen molar-refractivity contribution in [3.05, 3.63) is 0 Å². The standard InChI is InChI=1S/C9H19N3O2S2/c1-3-12(6-7(2)9(10)15)16(13,14)11-8-4-5-8/h7-8,11H,3-6H2,1-2H3,(H2,10,15). The molecule has 3 N–H and O–H groups in total. The zero-order chi connectivity index (χ0) is 12.3. The Kier molecular flexibility index (Phi) is 4.66. The lowest BCUT2D eigenvalue weighted by Crippen LogP contribution is -2.45. The normalized spacial score (nSPS) is 18.7. The van der Waals surface area contributed by atoms with Gasteiger partial charge in [-0.1, -0.05) is 26.1 Å². The van der Waals surface area contributed by atoms with Gasteiger partial charge in [0.25, 0.3) is 10.2 Å². The lowest BCUT2D eigenvalue weighted by atomic mass is 10.2. The number of nitrogens with one attached hydrogen (secondary N) is 1. The van der Waals surface area contributed by atoms with Gasteiger partial charge in [0.1, 0.15) is 0 Å². The van der Waals surface area contributed by atoms with E-state index in [0.29, 0.717) is 18.1 Å². The fourth-order valence-electron chi connectivity index (χ4n) is 1.28. The third-order valence-electron chi connectivity index (χ3n) is 2.55. The molecule has 5 nitrogen and oxygen atoms in total. The van der Waals surface area contributed by atoms with Crippen molar-refractivity contribution in [3.63, 3.8) is 0 Å². The highest BCUT2D eigenvalue weighted by Gasteiger charge is 2.31. The Labute approximate surface area is 103 Å². The van der Waals surface area contributed by atoms with Gasteiger partial charge in [-0.2, -0.15) is 17.4 Å². The summed E-state index contributed by atoms with van der Waals surface area (Å²) in [6, 6.07) is 0.124. The highest BCUT2D eigenvalue weighted by molar-refractivity contribution is 7.87. The van der Waals surface area contributed by atoms with Gasteiger partial charge in [0.05, 0.1) is 4.99 Å². The summed E-state index contributed by atoms with van der Waals surface area (Å²) in [5.41, 5.74) is 5.49. The number of nitrogens with two attached hydrogens (primary N) is 1. The van der Waals surface area contributed by atoms with Gasteiger partial charge in [-0.05, 0) is 12.8 Å². The maximum absolute atomic E-state index is 11.9. The molecule has 0 aromatic rings. The summed E-state index contributed by atoms with van der Waals surface area (Å²) in [4.78, 5) is 0.347. The molecule has 1 aliphatic carbocycles. The fraction of sp³-hybridized carbons (Fsp3) is 0.889. The first-order chi connectivity index (χ1) is 7.36. The van der Waals surface area contributed by atoms with E-state index in [9.17, 15) is 8.42 Å². The highest BCUT2D eigenvalue weighted by Crippen LogP contribution is 2.20. The minimum atomic E-state index is -3.37. The van der Waals surface area contributed by atoms with Crippen LogP contribution in [0.5, 0.6) is 0 Å². The first-order valence-corrected chi connectivity index (χ1v) is 7.28. The van der Waals surface area contributed by atoms with Gasteiger partial charge in [-0.3, -0.25) is 0 Å². The second-order valence-electron chi connectivity index (χ2n) is 4.15. The van der Waals surface area contributed by atoms with Crippen LogP contribution in [0, 0.1) is 5.92 Å². The second-order valence-corrected chi connectivity index (χ2v) is 6.32. The van der Waals surface area contributed by atoms with Crippen molar-refractivity contribution in [1.29, 1.82) is 0 Å². The van der Waals surface area contributed by atoms with E-state index in [1.807, 2.05) is 6.92 Å². The quantitative estimate of drug-likeness (QED) is 0.646. The molecule has 0 radical (unpaired) electrons. The number of hydrogen-bond donors (Lipinski definition) is 2. The monoisotopic (exact) mass is 265 g/mol. The van der Waals surface area contributed by atoms with Crippen LogP contribution in [-0.4, -0.2) is 36.8 Å². The molecule has 7 heteroatoms. The Bertz CT molecular complexity index is 352. The minimum Gasteiger partial charge on any atom is -0.393 e. The van der Waals surface area contributed by atoms with Gasteiger partial charge < -0.3 is 5.73 Å². The van der Waals surface area contributed by atoms with E-state index in [4.69, 9.17) is 18.0 Å². The van der Waals surface area contributed by atoms with Gasteiger partial charge in [-0.15, -0.1) is 0 Å². The molecule has 1 unspecified atom stereocenters. The molecule has 0 spiro atoms. The number of hydrogen-bond acceptors (Lipinski definition) is 3. The van der Waals surface area contributed by atoms with Gasteiger partial charge in [0.15, 0.2) is 0 Å². The molecule has 0 bridgehead atoms. The molecule has 0 aromatic carbocycles. The van der Waals surface area contributed by atoms with Crippen LogP contribution in [-0.2, 0) is 10.2 Å². The molecule has 1 rings (SSSR count). The number of nitrogens with zero attached hydrogens (tertiary/aromatic N) is 1. The molecular formula is C9H19N3O2S2. The van der Waals surface area contributed by atoms with Crippen LogP contribution >= 0.6 is 12.2 Å². The van der Waals surface area contributed by atoms with Gasteiger partial charge in [0, 0.05) is 25.0 Å². The van der Waals surface area contributed by atoms with Crippen molar-refractivity contribution < 1.29 is 8.42 Å². The molecule has 1 aliphatic rings. The average Bonchev–Trinajstić information content (AvgIpc) is 2.96. The summed E-state index contributed by atoms with van der Waals surface area (Å²) < 4.78 is 27.8. The smallest absolute Gasteiger partial charge is 0.279 e. The topological polar surface area (TPSA) is 75.4 Å². The van der Waals surface area contributed by atoms with Crippen LogP contribution in [0.25, 0.3) is 0 Å². The third kappa shape index (κ3) is 3.97. The van der Waals surface area contributed by atoms with Crippen molar-refractivity contribution in [2.45, 2.75) is 32.7 Å². The van der Waals surface area contributed by atoms with E-state index >= 15 is 0 Å². The van der Waals surface area contributed by atoms with E-state index in [0.717, 1.165) is 12.8 Å². The zero-order valence-corrected chi connectivity index (χ0v) is 11.3. The lowest BCUT2D eigenvalue weighted by Gasteiger charge is -2.23. The van der Waals surface area contributed by atoms with Crippen molar-refractivity contribution >= 4 is 27.4 Å². The molecule has 0 heterocycles. The van der Waals surface area contributed by atoms with E-state index in [1.165, 1.54) is 4.31 Å². The van der Waals surface area contributed by atoms with Crippen molar-refractivity contribution in [2.75, 3.05) is 13.1 Å². The molecule has 0 amide bonds. The van der Waals surface area contributed by atoms with Crippen LogP contribution < -0.4 is 10.5 Å². The van der Waals surface area contributed by atoms with E-state index in [-0.39, 0.29) is 12.0 Å². The Morgan fingerprint density at radius 1 is 1.62 bits per heavy atom. The summed E-state index contributed by atoms with van der Waals surface area (Å²) in [6.45, 7) is 4.40. The van der Waals surface area contributed by atoms with Gasteiger partial charge in [-0.25, -0.2) is 0 Å². The van der Waals surface area contributed by atoms with Crippen LogP contribution in [0.2, 0.25) is 0 Å². The second kappa shape index (κ2) is 5.39. The van der Waals surface area contributed by atoms with E-state index in [1.54, 1.807) is 6.92 Å². The van der Waals surface area contributed by atoms with E-state index < -0.39 is 10.2 Å². The van der Waals surface area contributed by atoms with Gasteiger partial charge in [0.2, 0.25) is 0 Å². The molecule has 1 atom stereocenters. The van der Waals surface area contributed by atoms with Crippen LogP contribution in [0.3, 0.4) is 0 Å².